The van der Waals surface area contributed by atoms with Crippen LogP contribution in [0.2, 0.25) is 0 Å². The van der Waals surface area contributed by atoms with Gasteiger partial charge in [-0.2, -0.15) is 0 Å². The number of rotatable bonds is 30. The third-order valence-corrected chi connectivity index (χ3v) is 7.57. The molecule has 0 heterocycles. The van der Waals surface area contributed by atoms with E-state index in [0.717, 1.165) is 44.9 Å². The second-order valence-corrected chi connectivity index (χ2v) is 12.7. The lowest BCUT2D eigenvalue weighted by Gasteiger charge is -2.34. The normalized spacial score (nSPS) is 13.4. The van der Waals surface area contributed by atoms with Gasteiger partial charge in [-0.05, 0) is 51.4 Å². The zero-order chi connectivity index (χ0) is 32.9. The van der Waals surface area contributed by atoms with Crippen LogP contribution < -0.4 is 5.11 Å². The summed E-state index contributed by atoms with van der Waals surface area (Å²) in [7, 11) is 5.37. The number of likely N-dealkylation sites (N-methyl/N-ethyl adjacent to an activating group) is 1. The number of hydrogen-bond acceptors (Lipinski definition) is 7. The van der Waals surface area contributed by atoms with E-state index in [9.17, 15) is 19.5 Å². The first-order valence-electron chi connectivity index (χ1n) is 17.4. The zero-order valence-corrected chi connectivity index (χ0v) is 28.8. The number of ether oxygens (including phenoxy) is 3. The lowest BCUT2D eigenvalue weighted by molar-refractivity contribution is -0.889. The van der Waals surface area contributed by atoms with E-state index in [-0.39, 0.29) is 49.1 Å². The van der Waals surface area contributed by atoms with E-state index in [1.165, 1.54) is 51.4 Å². The molecular formula is C36H65NO7. The highest BCUT2D eigenvalue weighted by atomic mass is 16.6. The predicted octanol–water partition coefficient (Wildman–Crippen LogP) is 6.85. The summed E-state index contributed by atoms with van der Waals surface area (Å²) in [6.07, 6.45) is 26.6. The van der Waals surface area contributed by atoms with Crippen LogP contribution in [0.3, 0.4) is 0 Å². The van der Waals surface area contributed by atoms with E-state index in [4.69, 9.17) is 14.2 Å². The minimum atomic E-state index is -1.13. The van der Waals surface area contributed by atoms with Crippen LogP contribution in [0.1, 0.15) is 136 Å². The molecule has 2 unspecified atom stereocenters. The average molecular weight is 624 g/mol. The van der Waals surface area contributed by atoms with Crippen molar-refractivity contribution >= 4 is 17.9 Å². The standard InChI is InChI=1S/C36H65NO7/c1-6-8-10-12-14-15-16-17-18-19-21-23-25-27-35(39)44-32(30-42-29-28-33(36(40)41)37(3,4)5)31-43-34(38)26-24-22-20-13-11-9-7-2/h17-18,20,22,32-33H,6-16,19,21,23-31H2,1-5H3/b18-17+,22-20+. The number of allylic oxidation sites excluding steroid dienone is 4. The first-order valence-corrected chi connectivity index (χ1v) is 17.4. The fourth-order valence-electron chi connectivity index (χ4n) is 4.79. The SMILES string of the molecule is CCCCC/C=C/CCC(=O)OCC(COCCC(C(=O)[O-])[N+](C)(C)C)OC(=O)CCCCC/C=C/CCCCCCCC. The Morgan fingerprint density at radius 2 is 1.18 bits per heavy atom. The predicted molar refractivity (Wildman–Crippen MR) is 176 cm³/mol. The van der Waals surface area contributed by atoms with E-state index < -0.39 is 18.1 Å². The summed E-state index contributed by atoms with van der Waals surface area (Å²) in [6, 6.07) is -0.728. The summed E-state index contributed by atoms with van der Waals surface area (Å²) < 4.78 is 16.9. The third-order valence-electron chi connectivity index (χ3n) is 7.57. The first-order chi connectivity index (χ1) is 21.1. The first kappa shape index (κ1) is 41.8. The molecule has 0 saturated heterocycles. The highest BCUT2D eigenvalue weighted by Crippen LogP contribution is 2.11. The summed E-state index contributed by atoms with van der Waals surface area (Å²) in [6.45, 7) is 4.50. The topological polar surface area (TPSA) is 102 Å². The van der Waals surface area contributed by atoms with Gasteiger partial charge in [-0.3, -0.25) is 9.59 Å². The fraction of sp³-hybridized carbons (Fsp3) is 0.806. The minimum absolute atomic E-state index is 0.0245. The molecule has 44 heavy (non-hydrogen) atoms. The molecule has 0 aromatic heterocycles. The van der Waals surface area contributed by atoms with Crippen LogP contribution >= 0.6 is 0 Å². The van der Waals surface area contributed by atoms with E-state index in [1.807, 2.05) is 6.08 Å². The van der Waals surface area contributed by atoms with E-state index in [0.29, 0.717) is 12.8 Å². The Hall–Kier alpha value is -2.19. The molecule has 0 radical (unpaired) electrons. The molecule has 0 aliphatic heterocycles. The largest absolute Gasteiger partial charge is 0.544 e. The van der Waals surface area contributed by atoms with Crippen LogP contribution in [0, 0.1) is 0 Å². The van der Waals surface area contributed by atoms with Gasteiger partial charge in [0.25, 0.3) is 0 Å². The van der Waals surface area contributed by atoms with Crippen LogP contribution in [0.25, 0.3) is 0 Å². The molecule has 0 spiro atoms. The summed E-state index contributed by atoms with van der Waals surface area (Å²) in [5.74, 6) is -1.83. The average Bonchev–Trinajstić information content (AvgIpc) is 2.96. The number of carbonyl (C=O) groups excluding carboxylic acids is 3. The molecule has 256 valence electrons. The number of aliphatic carboxylic acids is 1. The molecular weight excluding hydrogens is 558 g/mol. The van der Waals surface area contributed by atoms with Crippen molar-refractivity contribution in [1.29, 1.82) is 0 Å². The minimum Gasteiger partial charge on any atom is -0.544 e. The Morgan fingerprint density at radius 1 is 0.659 bits per heavy atom. The van der Waals surface area contributed by atoms with Crippen molar-refractivity contribution in [3.63, 3.8) is 0 Å². The number of hydrogen-bond donors (Lipinski definition) is 0. The Labute approximate surface area is 269 Å². The maximum Gasteiger partial charge on any atom is 0.306 e. The molecule has 0 rings (SSSR count). The van der Waals surface area contributed by atoms with Crippen molar-refractivity contribution in [3.05, 3.63) is 24.3 Å². The number of quaternary nitrogens is 1. The second kappa shape index (κ2) is 28.3. The second-order valence-electron chi connectivity index (χ2n) is 12.7. The van der Waals surface area contributed by atoms with Gasteiger partial charge in [-0.1, -0.05) is 89.5 Å². The number of carboxylic acids is 1. The third kappa shape index (κ3) is 26.2. The van der Waals surface area contributed by atoms with Crippen molar-refractivity contribution in [3.8, 4) is 0 Å². The van der Waals surface area contributed by atoms with Crippen LogP contribution in [-0.4, -0.2) is 75.5 Å². The molecule has 0 aromatic rings. The van der Waals surface area contributed by atoms with Gasteiger partial charge in [0, 0.05) is 19.3 Å². The maximum absolute atomic E-state index is 12.6. The molecule has 0 saturated carbocycles. The highest BCUT2D eigenvalue weighted by molar-refractivity contribution is 5.70. The van der Waals surface area contributed by atoms with Crippen molar-refractivity contribution in [2.75, 3.05) is 41.0 Å². The molecule has 0 aliphatic rings. The number of nitrogens with zero attached hydrogens (tertiary/aromatic N) is 1. The molecule has 0 bridgehead atoms. The molecule has 8 nitrogen and oxygen atoms in total. The van der Waals surface area contributed by atoms with Gasteiger partial charge in [0.2, 0.25) is 0 Å². The number of carboxylic acid groups (broad SMARTS) is 1. The van der Waals surface area contributed by atoms with Gasteiger partial charge >= 0.3 is 11.9 Å². The van der Waals surface area contributed by atoms with E-state index >= 15 is 0 Å². The Kier molecular flexibility index (Phi) is 26.9. The maximum atomic E-state index is 12.6. The van der Waals surface area contributed by atoms with Gasteiger partial charge in [-0.15, -0.1) is 0 Å². The summed E-state index contributed by atoms with van der Waals surface area (Å²) in [5.41, 5.74) is 0. The highest BCUT2D eigenvalue weighted by Gasteiger charge is 2.25. The van der Waals surface area contributed by atoms with Gasteiger partial charge in [0.05, 0.1) is 40.3 Å². The zero-order valence-electron chi connectivity index (χ0n) is 28.8. The van der Waals surface area contributed by atoms with Crippen molar-refractivity contribution in [1.82, 2.24) is 0 Å². The molecule has 0 amide bonds. The van der Waals surface area contributed by atoms with Gasteiger partial charge < -0.3 is 28.6 Å². The number of unbranched alkanes of at least 4 members (excludes halogenated alkanes) is 12. The smallest absolute Gasteiger partial charge is 0.306 e. The quantitative estimate of drug-likeness (QED) is 0.0373. The number of carbonyl (C=O) groups is 3. The van der Waals surface area contributed by atoms with Gasteiger partial charge in [0.15, 0.2) is 6.10 Å². The molecule has 8 heteroatoms. The van der Waals surface area contributed by atoms with Gasteiger partial charge in [-0.25, -0.2) is 0 Å². The van der Waals surface area contributed by atoms with Crippen molar-refractivity contribution in [2.45, 2.75) is 148 Å². The summed E-state index contributed by atoms with van der Waals surface area (Å²) >= 11 is 0. The van der Waals surface area contributed by atoms with Gasteiger partial charge in [0.1, 0.15) is 12.6 Å². The van der Waals surface area contributed by atoms with Crippen molar-refractivity contribution < 1.29 is 38.2 Å². The van der Waals surface area contributed by atoms with Crippen LogP contribution in [0.15, 0.2) is 24.3 Å². The van der Waals surface area contributed by atoms with Crippen molar-refractivity contribution in [2.24, 2.45) is 0 Å². The lowest BCUT2D eigenvalue weighted by atomic mass is 10.1. The Balaban J connectivity index is 4.51. The van der Waals surface area contributed by atoms with E-state index in [1.54, 1.807) is 21.1 Å². The number of esters is 2. The lowest BCUT2D eigenvalue weighted by Crippen LogP contribution is -2.55. The molecule has 0 fully saturated rings. The van der Waals surface area contributed by atoms with Crippen LogP contribution in [0.4, 0.5) is 0 Å². The van der Waals surface area contributed by atoms with Crippen LogP contribution in [-0.2, 0) is 28.6 Å². The van der Waals surface area contributed by atoms with E-state index in [2.05, 4.69) is 32.1 Å². The molecule has 2 atom stereocenters. The Morgan fingerprint density at radius 3 is 1.77 bits per heavy atom. The Bertz CT molecular complexity index is 788. The fourth-order valence-corrected chi connectivity index (χ4v) is 4.79. The molecule has 0 aliphatic carbocycles. The monoisotopic (exact) mass is 623 g/mol. The van der Waals surface area contributed by atoms with Crippen LogP contribution in [0.5, 0.6) is 0 Å². The summed E-state index contributed by atoms with van der Waals surface area (Å²) in [5, 5.41) is 11.5. The summed E-state index contributed by atoms with van der Waals surface area (Å²) in [4.78, 5) is 36.3. The molecule has 0 N–H and O–H groups in total. The molecule has 0 aromatic carbocycles.